The Kier molecular flexibility index (Phi) is 3.89. The number of hydrogen-bond acceptors (Lipinski definition) is 3. The molecule has 0 N–H and O–H groups in total. The van der Waals surface area contributed by atoms with Crippen LogP contribution in [0.25, 0.3) is 0 Å². The van der Waals surface area contributed by atoms with Gasteiger partial charge in [-0.3, -0.25) is 4.79 Å². The molecule has 114 valence electrons. The zero-order valence-corrected chi connectivity index (χ0v) is 13.0. The molecule has 1 aromatic rings. The van der Waals surface area contributed by atoms with Crippen molar-refractivity contribution >= 4 is 5.91 Å². The molecule has 4 nitrogen and oxygen atoms in total. The van der Waals surface area contributed by atoms with Gasteiger partial charge < -0.3 is 14.5 Å². The van der Waals surface area contributed by atoms with Crippen molar-refractivity contribution in [2.45, 2.75) is 38.3 Å². The first-order valence-electron chi connectivity index (χ1n) is 7.85. The highest BCUT2D eigenvalue weighted by Crippen LogP contribution is 2.35. The average Bonchev–Trinajstić information content (AvgIpc) is 2.66. The fraction of sp³-hybridized carbons (Fsp3) is 0.588. The number of carbonyl (C=O) groups is 1. The summed E-state index contributed by atoms with van der Waals surface area (Å²) >= 11 is 0. The van der Waals surface area contributed by atoms with E-state index in [2.05, 4.69) is 18.0 Å². The summed E-state index contributed by atoms with van der Waals surface area (Å²) in [5.41, 5.74) is 0.902. The number of carbonyl (C=O) groups excluding carboxylic acids is 1. The Morgan fingerprint density at radius 2 is 2.00 bits per heavy atom. The summed E-state index contributed by atoms with van der Waals surface area (Å²) in [6.45, 7) is 5.36. The number of likely N-dealkylation sites (tertiary alicyclic amines) is 1. The first-order chi connectivity index (χ1) is 10.1. The van der Waals surface area contributed by atoms with Gasteiger partial charge in [0.25, 0.3) is 0 Å². The minimum absolute atomic E-state index is 0.216. The smallest absolute Gasteiger partial charge is 0.222 e. The molecule has 0 aliphatic carbocycles. The lowest BCUT2D eigenvalue weighted by molar-refractivity contribution is -0.134. The molecule has 1 fully saturated rings. The molecular weight excluding hydrogens is 264 g/mol. The molecule has 21 heavy (non-hydrogen) atoms. The molecule has 0 aromatic heterocycles. The van der Waals surface area contributed by atoms with Crippen LogP contribution in [0.2, 0.25) is 0 Å². The number of ether oxygens (including phenoxy) is 1. The maximum absolute atomic E-state index is 12.3. The van der Waals surface area contributed by atoms with Crippen molar-refractivity contribution < 1.29 is 9.53 Å². The molecule has 1 spiro atoms. The van der Waals surface area contributed by atoms with Gasteiger partial charge in [0.1, 0.15) is 11.4 Å². The Morgan fingerprint density at radius 1 is 1.29 bits per heavy atom. The molecule has 1 saturated heterocycles. The van der Waals surface area contributed by atoms with E-state index in [1.54, 1.807) is 0 Å². The van der Waals surface area contributed by atoms with Crippen LogP contribution in [0.5, 0.6) is 5.75 Å². The van der Waals surface area contributed by atoms with E-state index in [1.165, 1.54) is 0 Å². The number of amides is 1. The lowest BCUT2D eigenvalue weighted by Gasteiger charge is -2.41. The summed E-state index contributed by atoms with van der Waals surface area (Å²) in [6.07, 6.45) is 2.51. The van der Waals surface area contributed by atoms with Gasteiger partial charge in [-0.1, -0.05) is 25.1 Å². The second-order valence-electron chi connectivity index (χ2n) is 6.30. The molecule has 0 atom stereocenters. The van der Waals surface area contributed by atoms with E-state index in [-0.39, 0.29) is 11.5 Å². The minimum atomic E-state index is -0.218. The predicted octanol–water partition coefficient (Wildman–Crippen LogP) is 2.28. The van der Waals surface area contributed by atoms with Gasteiger partial charge in [0.15, 0.2) is 0 Å². The molecule has 4 heteroatoms. The number of rotatable bonds is 1. The second-order valence-corrected chi connectivity index (χ2v) is 6.30. The van der Waals surface area contributed by atoms with Gasteiger partial charge in [-0.25, -0.2) is 0 Å². The van der Waals surface area contributed by atoms with Crippen LogP contribution in [0.3, 0.4) is 0 Å². The third kappa shape index (κ3) is 2.91. The van der Waals surface area contributed by atoms with Crippen LogP contribution in [-0.4, -0.2) is 48.0 Å². The van der Waals surface area contributed by atoms with Gasteiger partial charge in [-0.05, 0) is 13.1 Å². The topological polar surface area (TPSA) is 32.8 Å². The van der Waals surface area contributed by atoms with Gasteiger partial charge in [0, 0.05) is 44.5 Å². The number of para-hydroxylation sites is 1. The van der Waals surface area contributed by atoms with Crippen molar-refractivity contribution in [2.24, 2.45) is 0 Å². The van der Waals surface area contributed by atoms with Gasteiger partial charge in [0.05, 0.1) is 6.54 Å². The van der Waals surface area contributed by atoms with E-state index < -0.39 is 0 Å². The fourth-order valence-corrected chi connectivity index (χ4v) is 3.30. The molecule has 0 saturated carbocycles. The van der Waals surface area contributed by atoms with Crippen molar-refractivity contribution in [3.8, 4) is 5.75 Å². The van der Waals surface area contributed by atoms with Crippen LogP contribution in [0.1, 0.15) is 31.7 Å². The zero-order valence-electron chi connectivity index (χ0n) is 13.0. The van der Waals surface area contributed by atoms with Crippen LogP contribution in [-0.2, 0) is 11.3 Å². The van der Waals surface area contributed by atoms with Crippen molar-refractivity contribution in [3.05, 3.63) is 29.8 Å². The van der Waals surface area contributed by atoms with E-state index in [0.29, 0.717) is 19.5 Å². The molecule has 2 heterocycles. The van der Waals surface area contributed by atoms with Crippen molar-refractivity contribution in [1.29, 1.82) is 0 Å². The van der Waals surface area contributed by atoms with Crippen LogP contribution >= 0.6 is 0 Å². The minimum Gasteiger partial charge on any atom is -0.485 e. The number of piperidine rings is 1. The normalized spacial score (nSPS) is 21.5. The fourth-order valence-electron chi connectivity index (χ4n) is 3.30. The first kappa shape index (κ1) is 14.4. The molecule has 0 unspecified atom stereocenters. The Bertz CT molecular complexity index is 521. The lowest BCUT2D eigenvalue weighted by atomic mass is 9.90. The van der Waals surface area contributed by atoms with Crippen LogP contribution in [0.4, 0.5) is 0 Å². The van der Waals surface area contributed by atoms with Crippen LogP contribution in [0, 0.1) is 0 Å². The quantitative estimate of drug-likeness (QED) is 0.795. The molecule has 0 radical (unpaired) electrons. The molecule has 2 aliphatic rings. The zero-order chi connectivity index (χ0) is 14.9. The molecule has 1 amide bonds. The van der Waals surface area contributed by atoms with E-state index in [1.807, 2.05) is 30.0 Å². The molecule has 2 aliphatic heterocycles. The van der Waals surface area contributed by atoms with Gasteiger partial charge in [-0.2, -0.15) is 0 Å². The number of hydrogen-bond donors (Lipinski definition) is 0. The van der Waals surface area contributed by atoms with E-state index in [4.69, 9.17) is 4.74 Å². The molecule has 3 rings (SSSR count). The summed E-state index contributed by atoms with van der Waals surface area (Å²) in [5.74, 6) is 1.17. The monoisotopic (exact) mass is 288 g/mol. The Labute approximate surface area is 126 Å². The van der Waals surface area contributed by atoms with Crippen molar-refractivity contribution in [2.75, 3.05) is 26.7 Å². The van der Waals surface area contributed by atoms with Crippen LogP contribution < -0.4 is 4.74 Å². The SMILES string of the molecule is CCC(=O)N1Cc2ccccc2OC2(CCN(C)CC2)C1. The Morgan fingerprint density at radius 3 is 2.71 bits per heavy atom. The summed E-state index contributed by atoms with van der Waals surface area (Å²) in [6, 6.07) is 8.14. The highest BCUT2D eigenvalue weighted by Gasteiger charge is 2.40. The standard InChI is InChI=1S/C17H24N2O2/c1-3-16(20)19-12-14-6-4-5-7-15(14)21-17(13-19)8-10-18(2)11-9-17/h4-7H,3,8-13H2,1-2H3. The highest BCUT2D eigenvalue weighted by molar-refractivity contribution is 5.76. The summed E-state index contributed by atoms with van der Waals surface area (Å²) in [7, 11) is 2.15. The maximum atomic E-state index is 12.3. The number of nitrogens with zero attached hydrogens (tertiary/aromatic N) is 2. The first-order valence-corrected chi connectivity index (χ1v) is 7.85. The Hall–Kier alpha value is -1.55. The molecule has 1 aromatic carbocycles. The number of benzene rings is 1. The van der Waals surface area contributed by atoms with Crippen LogP contribution in [0.15, 0.2) is 24.3 Å². The van der Waals surface area contributed by atoms with Gasteiger partial charge in [0.2, 0.25) is 5.91 Å². The summed E-state index contributed by atoms with van der Waals surface area (Å²) in [5, 5.41) is 0. The predicted molar refractivity (Wildman–Crippen MR) is 82.2 cm³/mol. The van der Waals surface area contributed by atoms with Crippen molar-refractivity contribution in [1.82, 2.24) is 9.80 Å². The summed E-state index contributed by atoms with van der Waals surface area (Å²) < 4.78 is 6.44. The second kappa shape index (κ2) is 5.68. The maximum Gasteiger partial charge on any atom is 0.222 e. The van der Waals surface area contributed by atoms with E-state index in [9.17, 15) is 4.79 Å². The Balaban J connectivity index is 1.93. The van der Waals surface area contributed by atoms with Crippen molar-refractivity contribution in [3.63, 3.8) is 0 Å². The summed E-state index contributed by atoms with van der Waals surface area (Å²) in [4.78, 5) is 16.6. The molecular formula is C17H24N2O2. The number of fused-ring (bicyclic) bond motifs is 1. The van der Waals surface area contributed by atoms with E-state index in [0.717, 1.165) is 37.2 Å². The van der Waals surface area contributed by atoms with E-state index >= 15 is 0 Å². The highest BCUT2D eigenvalue weighted by atomic mass is 16.5. The lowest BCUT2D eigenvalue weighted by Crippen LogP contribution is -2.53. The third-order valence-electron chi connectivity index (χ3n) is 4.69. The van der Waals surface area contributed by atoms with Gasteiger partial charge >= 0.3 is 0 Å². The largest absolute Gasteiger partial charge is 0.485 e. The van der Waals surface area contributed by atoms with Gasteiger partial charge in [-0.15, -0.1) is 0 Å². The third-order valence-corrected chi connectivity index (χ3v) is 4.69. The average molecular weight is 288 g/mol. The molecule has 0 bridgehead atoms.